The number of hydrogen-bond donors (Lipinski definition) is 0. The maximum atomic E-state index is 12.6. The summed E-state index contributed by atoms with van der Waals surface area (Å²) in [7, 11) is 1.69. The zero-order valence-corrected chi connectivity index (χ0v) is 14.7. The molecule has 0 N–H and O–H groups in total. The van der Waals surface area contributed by atoms with Gasteiger partial charge in [-0.1, -0.05) is 25.4 Å². The summed E-state index contributed by atoms with van der Waals surface area (Å²) in [5.41, 5.74) is 0.428. The summed E-state index contributed by atoms with van der Waals surface area (Å²) in [5, 5.41) is 1.06. The molecule has 0 spiro atoms. The maximum Gasteiger partial charge on any atom is 0.261 e. The van der Waals surface area contributed by atoms with Crippen LogP contribution in [0.15, 0.2) is 23.0 Å². The second-order valence-electron chi connectivity index (χ2n) is 5.61. The van der Waals surface area contributed by atoms with Crippen molar-refractivity contribution in [2.75, 3.05) is 6.54 Å². The number of amides is 1. The fourth-order valence-corrected chi connectivity index (χ4v) is 2.92. The SMILES string of the molecule is CCCN(C(=O)CC)C(C)c1nc2cc(Cl)ccc2c(=O)n1C. The minimum absolute atomic E-state index is 0.0554. The minimum Gasteiger partial charge on any atom is -0.333 e. The van der Waals surface area contributed by atoms with Crippen molar-refractivity contribution < 1.29 is 4.79 Å². The third-order valence-electron chi connectivity index (χ3n) is 4.00. The molecule has 0 bridgehead atoms. The van der Waals surface area contributed by atoms with Crippen LogP contribution in [0.1, 0.15) is 45.5 Å². The molecule has 1 unspecified atom stereocenters. The average molecular weight is 336 g/mol. The van der Waals surface area contributed by atoms with Gasteiger partial charge in [0.25, 0.3) is 5.56 Å². The first-order valence-electron chi connectivity index (χ1n) is 7.86. The van der Waals surface area contributed by atoms with E-state index >= 15 is 0 Å². The van der Waals surface area contributed by atoms with Gasteiger partial charge in [0.1, 0.15) is 5.82 Å². The largest absolute Gasteiger partial charge is 0.333 e. The van der Waals surface area contributed by atoms with Gasteiger partial charge < -0.3 is 4.90 Å². The van der Waals surface area contributed by atoms with Gasteiger partial charge in [-0.3, -0.25) is 14.2 Å². The zero-order valence-electron chi connectivity index (χ0n) is 14.0. The van der Waals surface area contributed by atoms with Gasteiger partial charge >= 0.3 is 0 Å². The number of hydrogen-bond acceptors (Lipinski definition) is 3. The van der Waals surface area contributed by atoms with Crippen molar-refractivity contribution in [3.8, 4) is 0 Å². The molecular formula is C17H22ClN3O2. The van der Waals surface area contributed by atoms with Crippen LogP contribution in [0.2, 0.25) is 5.02 Å². The predicted molar refractivity (Wildman–Crippen MR) is 92.7 cm³/mol. The van der Waals surface area contributed by atoms with E-state index < -0.39 is 0 Å². The molecule has 23 heavy (non-hydrogen) atoms. The van der Waals surface area contributed by atoms with E-state index in [9.17, 15) is 9.59 Å². The van der Waals surface area contributed by atoms with Gasteiger partial charge in [-0.2, -0.15) is 0 Å². The molecule has 0 aliphatic rings. The lowest BCUT2D eigenvalue weighted by Crippen LogP contribution is -2.37. The Hall–Kier alpha value is -1.88. The smallest absolute Gasteiger partial charge is 0.261 e. The summed E-state index contributed by atoms with van der Waals surface area (Å²) in [6.45, 7) is 6.40. The van der Waals surface area contributed by atoms with Crippen molar-refractivity contribution in [3.63, 3.8) is 0 Å². The number of carbonyl (C=O) groups is 1. The Labute approximate surface area is 140 Å². The summed E-state index contributed by atoms with van der Waals surface area (Å²) >= 11 is 6.01. The van der Waals surface area contributed by atoms with Gasteiger partial charge in [-0.15, -0.1) is 0 Å². The molecule has 2 aromatic rings. The lowest BCUT2D eigenvalue weighted by molar-refractivity contribution is -0.133. The molecule has 1 heterocycles. The molecule has 0 saturated heterocycles. The van der Waals surface area contributed by atoms with Crippen LogP contribution in [0.3, 0.4) is 0 Å². The van der Waals surface area contributed by atoms with E-state index in [2.05, 4.69) is 4.98 Å². The minimum atomic E-state index is -0.275. The van der Waals surface area contributed by atoms with Gasteiger partial charge in [-0.05, 0) is 31.5 Å². The van der Waals surface area contributed by atoms with Crippen LogP contribution in [-0.2, 0) is 11.8 Å². The van der Waals surface area contributed by atoms with E-state index in [1.165, 1.54) is 4.57 Å². The second-order valence-corrected chi connectivity index (χ2v) is 6.05. The van der Waals surface area contributed by atoms with E-state index in [1.807, 2.05) is 20.8 Å². The quantitative estimate of drug-likeness (QED) is 0.842. The highest BCUT2D eigenvalue weighted by molar-refractivity contribution is 6.31. The van der Waals surface area contributed by atoms with E-state index in [-0.39, 0.29) is 17.5 Å². The highest BCUT2D eigenvalue weighted by Crippen LogP contribution is 2.22. The summed E-state index contributed by atoms with van der Waals surface area (Å²) < 4.78 is 1.52. The zero-order chi connectivity index (χ0) is 17.1. The lowest BCUT2D eigenvalue weighted by atomic mass is 10.2. The van der Waals surface area contributed by atoms with Crippen LogP contribution in [0.5, 0.6) is 0 Å². The normalized spacial score (nSPS) is 12.4. The fourth-order valence-electron chi connectivity index (χ4n) is 2.75. The monoisotopic (exact) mass is 335 g/mol. The molecule has 0 aliphatic carbocycles. The summed E-state index contributed by atoms with van der Waals surface area (Å²) in [5.74, 6) is 0.625. The summed E-state index contributed by atoms with van der Waals surface area (Å²) in [6.07, 6.45) is 1.28. The molecule has 1 atom stereocenters. The second kappa shape index (κ2) is 7.13. The van der Waals surface area contributed by atoms with Crippen LogP contribution >= 0.6 is 11.6 Å². The van der Waals surface area contributed by atoms with Crippen molar-refractivity contribution in [3.05, 3.63) is 39.4 Å². The fraction of sp³-hybridized carbons (Fsp3) is 0.471. The number of halogens is 1. The van der Waals surface area contributed by atoms with E-state index in [1.54, 1.807) is 30.1 Å². The Balaban J connectivity index is 2.59. The first kappa shape index (κ1) is 17.5. The molecule has 1 aromatic carbocycles. The van der Waals surface area contributed by atoms with Crippen molar-refractivity contribution in [1.82, 2.24) is 14.5 Å². The van der Waals surface area contributed by atoms with Crippen LogP contribution in [0.25, 0.3) is 10.9 Å². The van der Waals surface area contributed by atoms with Gasteiger partial charge in [0.15, 0.2) is 0 Å². The number of rotatable bonds is 5. The van der Waals surface area contributed by atoms with Crippen LogP contribution in [0, 0.1) is 0 Å². The van der Waals surface area contributed by atoms with Gasteiger partial charge in [0.05, 0.1) is 16.9 Å². The molecule has 5 nitrogen and oxygen atoms in total. The van der Waals surface area contributed by atoms with Gasteiger partial charge in [-0.25, -0.2) is 4.98 Å². The molecule has 0 aliphatic heterocycles. The first-order chi connectivity index (χ1) is 10.9. The average Bonchev–Trinajstić information content (AvgIpc) is 2.54. The van der Waals surface area contributed by atoms with E-state index in [4.69, 9.17) is 11.6 Å². The highest BCUT2D eigenvalue weighted by atomic mass is 35.5. The molecule has 1 aromatic heterocycles. The molecule has 0 saturated carbocycles. The van der Waals surface area contributed by atoms with Crippen LogP contribution in [0.4, 0.5) is 0 Å². The molecule has 6 heteroatoms. The molecular weight excluding hydrogens is 314 g/mol. The van der Waals surface area contributed by atoms with E-state index in [0.29, 0.717) is 34.7 Å². The summed E-state index contributed by atoms with van der Waals surface area (Å²) in [4.78, 5) is 31.2. The first-order valence-corrected chi connectivity index (χ1v) is 8.24. The van der Waals surface area contributed by atoms with Crippen LogP contribution in [-0.4, -0.2) is 26.9 Å². The Bertz CT molecular complexity index is 785. The number of nitrogens with zero attached hydrogens (tertiary/aromatic N) is 3. The lowest BCUT2D eigenvalue weighted by Gasteiger charge is -2.29. The topological polar surface area (TPSA) is 55.2 Å². The van der Waals surface area contributed by atoms with Gasteiger partial charge in [0, 0.05) is 25.0 Å². The standard InChI is InChI=1S/C17H22ClN3O2/c1-5-9-21(15(22)6-2)11(3)16-19-14-10-12(18)7-8-13(14)17(23)20(16)4/h7-8,10-11H,5-6,9H2,1-4H3. The number of benzene rings is 1. The summed E-state index contributed by atoms with van der Waals surface area (Å²) in [6, 6.07) is 4.77. The number of aromatic nitrogens is 2. The Morgan fingerprint density at radius 1 is 1.39 bits per heavy atom. The number of carbonyl (C=O) groups excluding carboxylic acids is 1. The van der Waals surface area contributed by atoms with E-state index in [0.717, 1.165) is 6.42 Å². The van der Waals surface area contributed by atoms with Crippen molar-refractivity contribution in [2.45, 2.75) is 39.7 Å². The number of fused-ring (bicyclic) bond motifs is 1. The molecule has 2 rings (SSSR count). The molecule has 0 radical (unpaired) electrons. The van der Waals surface area contributed by atoms with Crippen molar-refractivity contribution in [2.24, 2.45) is 7.05 Å². The van der Waals surface area contributed by atoms with Crippen molar-refractivity contribution >= 4 is 28.4 Å². The molecule has 124 valence electrons. The Morgan fingerprint density at radius 2 is 2.09 bits per heavy atom. The van der Waals surface area contributed by atoms with Crippen LogP contribution < -0.4 is 5.56 Å². The third kappa shape index (κ3) is 3.39. The highest BCUT2D eigenvalue weighted by Gasteiger charge is 2.23. The van der Waals surface area contributed by atoms with Gasteiger partial charge in [0.2, 0.25) is 5.91 Å². The predicted octanol–water partition coefficient (Wildman–Crippen LogP) is 3.30. The molecule has 1 amide bonds. The Morgan fingerprint density at radius 3 is 2.70 bits per heavy atom. The maximum absolute atomic E-state index is 12.6. The molecule has 0 fully saturated rings. The Kier molecular flexibility index (Phi) is 5.42. The van der Waals surface area contributed by atoms with Crippen molar-refractivity contribution in [1.29, 1.82) is 0 Å². The third-order valence-corrected chi connectivity index (χ3v) is 4.24.